The van der Waals surface area contributed by atoms with Gasteiger partial charge >= 0.3 is 8.56 Å². The molecular formula is C12H32O2Si3. The van der Waals surface area contributed by atoms with Gasteiger partial charge in [-0.1, -0.05) is 39.3 Å². The monoisotopic (exact) mass is 292 g/mol. The van der Waals surface area contributed by atoms with Crippen molar-refractivity contribution in [2.24, 2.45) is 0 Å². The van der Waals surface area contributed by atoms with Crippen LogP contribution in [-0.4, -0.2) is 37.9 Å². The lowest BCUT2D eigenvalue weighted by atomic mass is 10.9. The highest BCUT2D eigenvalue weighted by Crippen LogP contribution is 2.30. The van der Waals surface area contributed by atoms with E-state index in [0.717, 1.165) is 13.2 Å². The zero-order valence-electron chi connectivity index (χ0n) is 13.1. The molecule has 0 fully saturated rings. The Kier molecular flexibility index (Phi) is 6.88. The summed E-state index contributed by atoms with van der Waals surface area (Å²) in [6, 6.07) is 0. The molecule has 0 radical (unpaired) electrons. The Morgan fingerprint density at radius 1 is 0.647 bits per heavy atom. The molecule has 0 spiro atoms. The first-order valence-electron chi connectivity index (χ1n) is 6.81. The molecule has 0 saturated carbocycles. The third-order valence-electron chi connectivity index (χ3n) is 2.41. The molecule has 0 unspecified atom stereocenters. The molecule has 0 aliphatic heterocycles. The fraction of sp³-hybridized carbons (Fsp3) is 1.00. The first-order valence-corrected chi connectivity index (χ1v) is 16.5. The fourth-order valence-electron chi connectivity index (χ4n) is 2.45. The largest absolute Gasteiger partial charge is 0.395 e. The molecule has 0 N–H and O–H groups in total. The molecule has 0 heterocycles. The Balaban J connectivity index is 4.97. The molecule has 104 valence electrons. The van der Waals surface area contributed by atoms with Gasteiger partial charge in [-0.15, -0.1) is 0 Å². The standard InChI is InChI=1S/C12H32O2Si3/c1-9-13-17(14-10-2,11-15(3,4)5)12-16(6,7)8/h9-12H2,1-8H3. The van der Waals surface area contributed by atoms with E-state index in [1.54, 1.807) is 0 Å². The summed E-state index contributed by atoms with van der Waals surface area (Å²) in [5, 5.41) is 0. The minimum Gasteiger partial charge on any atom is -0.395 e. The third kappa shape index (κ3) is 8.31. The average molecular weight is 293 g/mol. The second kappa shape index (κ2) is 6.65. The lowest BCUT2D eigenvalue weighted by Gasteiger charge is -2.38. The lowest BCUT2D eigenvalue weighted by Crippen LogP contribution is -2.52. The second-order valence-corrected chi connectivity index (χ2v) is 22.7. The highest BCUT2D eigenvalue weighted by Gasteiger charge is 2.44. The Hall–Kier alpha value is 0.571. The van der Waals surface area contributed by atoms with E-state index in [4.69, 9.17) is 8.85 Å². The van der Waals surface area contributed by atoms with E-state index in [1.807, 2.05) is 0 Å². The Labute approximate surface area is 111 Å². The van der Waals surface area contributed by atoms with Crippen LogP contribution in [0.25, 0.3) is 0 Å². The Bertz CT molecular complexity index is 195. The van der Waals surface area contributed by atoms with Crippen molar-refractivity contribution in [2.45, 2.75) is 64.5 Å². The van der Waals surface area contributed by atoms with Crippen LogP contribution in [0.1, 0.15) is 13.8 Å². The third-order valence-corrected chi connectivity index (χ3v) is 16.8. The average Bonchev–Trinajstić information content (AvgIpc) is 1.96. The van der Waals surface area contributed by atoms with Crippen LogP contribution in [0.3, 0.4) is 0 Å². The molecule has 0 amide bonds. The van der Waals surface area contributed by atoms with Crippen LogP contribution in [0.5, 0.6) is 0 Å². The number of hydrogen-bond acceptors (Lipinski definition) is 2. The first kappa shape index (κ1) is 17.6. The molecule has 5 heteroatoms. The maximum Gasteiger partial charge on any atom is 0.332 e. The van der Waals surface area contributed by atoms with Crippen LogP contribution in [0, 0.1) is 0 Å². The van der Waals surface area contributed by atoms with Gasteiger partial charge in [-0.25, -0.2) is 0 Å². The fourth-order valence-corrected chi connectivity index (χ4v) is 19.8. The van der Waals surface area contributed by atoms with Gasteiger partial charge in [0.2, 0.25) is 0 Å². The summed E-state index contributed by atoms with van der Waals surface area (Å²) in [7, 11) is -4.21. The van der Waals surface area contributed by atoms with E-state index in [1.165, 1.54) is 11.3 Å². The minimum atomic E-state index is -1.94. The minimum absolute atomic E-state index is 0.807. The SMILES string of the molecule is CCO[Si](C[Si](C)(C)C)(C[Si](C)(C)C)OCC. The van der Waals surface area contributed by atoms with Crippen LogP contribution < -0.4 is 0 Å². The molecular weight excluding hydrogens is 260 g/mol. The van der Waals surface area contributed by atoms with E-state index >= 15 is 0 Å². The summed E-state index contributed by atoms with van der Waals surface area (Å²) in [6.45, 7) is 20.4. The molecule has 0 aromatic heterocycles. The van der Waals surface area contributed by atoms with Gasteiger partial charge in [0.1, 0.15) is 0 Å². The molecule has 2 nitrogen and oxygen atoms in total. The zero-order valence-corrected chi connectivity index (χ0v) is 16.1. The molecule has 0 atom stereocenters. The normalized spacial score (nSPS) is 14.1. The van der Waals surface area contributed by atoms with Crippen LogP contribution >= 0.6 is 0 Å². The van der Waals surface area contributed by atoms with E-state index in [2.05, 4.69) is 53.1 Å². The molecule has 0 aromatic rings. The molecule has 0 rings (SSSR count). The molecule has 0 aliphatic carbocycles. The van der Waals surface area contributed by atoms with Crippen molar-refractivity contribution in [1.29, 1.82) is 0 Å². The molecule has 0 aromatic carbocycles. The van der Waals surface area contributed by atoms with Crippen LogP contribution in [0.4, 0.5) is 0 Å². The van der Waals surface area contributed by atoms with Gasteiger partial charge in [0.05, 0.1) is 0 Å². The predicted molar refractivity (Wildman–Crippen MR) is 85.3 cm³/mol. The summed E-state index contributed by atoms with van der Waals surface area (Å²) < 4.78 is 12.4. The molecule has 0 bridgehead atoms. The molecule has 17 heavy (non-hydrogen) atoms. The van der Waals surface area contributed by atoms with Gasteiger partial charge < -0.3 is 8.85 Å². The van der Waals surface area contributed by atoms with Crippen LogP contribution in [-0.2, 0) is 8.85 Å². The maximum atomic E-state index is 6.21. The van der Waals surface area contributed by atoms with Crippen molar-refractivity contribution in [3.8, 4) is 0 Å². The van der Waals surface area contributed by atoms with Crippen molar-refractivity contribution in [1.82, 2.24) is 0 Å². The first-order chi connectivity index (χ1) is 7.54. The zero-order chi connectivity index (χ0) is 13.7. The quantitative estimate of drug-likeness (QED) is 0.622. The van der Waals surface area contributed by atoms with Crippen molar-refractivity contribution < 1.29 is 8.85 Å². The van der Waals surface area contributed by atoms with E-state index in [9.17, 15) is 0 Å². The van der Waals surface area contributed by atoms with Crippen molar-refractivity contribution in [3.63, 3.8) is 0 Å². The summed E-state index contributed by atoms with van der Waals surface area (Å²) in [5.74, 6) is 0. The predicted octanol–water partition coefficient (Wildman–Crippen LogP) is 4.26. The van der Waals surface area contributed by atoms with Crippen molar-refractivity contribution in [2.75, 3.05) is 13.2 Å². The second-order valence-electron chi connectivity index (χ2n) is 7.25. The summed E-state index contributed by atoms with van der Waals surface area (Å²) in [5.41, 5.74) is 2.48. The van der Waals surface area contributed by atoms with E-state index in [0.29, 0.717) is 0 Å². The van der Waals surface area contributed by atoms with E-state index < -0.39 is 24.7 Å². The Morgan fingerprint density at radius 2 is 0.941 bits per heavy atom. The molecule has 0 saturated heterocycles. The Morgan fingerprint density at radius 3 is 1.12 bits per heavy atom. The van der Waals surface area contributed by atoms with Gasteiger partial charge in [-0.3, -0.25) is 0 Å². The molecule has 0 aliphatic rings. The summed E-state index contributed by atoms with van der Waals surface area (Å²) in [6.07, 6.45) is 0. The van der Waals surface area contributed by atoms with Crippen LogP contribution in [0.2, 0.25) is 50.6 Å². The lowest BCUT2D eigenvalue weighted by molar-refractivity contribution is 0.190. The summed E-state index contributed by atoms with van der Waals surface area (Å²) >= 11 is 0. The maximum absolute atomic E-state index is 6.21. The van der Waals surface area contributed by atoms with Crippen molar-refractivity contribution >= 4 is 24.7 Å². The smallest absolute Gasteiger partial charge is 0.332 e. The van der Waals surface area contributed by atoms with Crippen LogP contribution in [0.15, 0.2) is 0 Å². The van der Waals surface area contributed by atoms with Gasteiger partial charge in [0, 0.05) is 29.4 Å². The highest BCUT2D eigenvalue weighted by atomic mass is 28.4. The number of rotatable bonds is 8. The number of hydrogen-bond donors (Lipinski definition) is 0. The van der Waals surface area contributed by atoms with Gasteiger partial charge in [0.15, 0.2) is 0 Å². The van der Waals surface area contributed by atoms with Gasteiger partial charge in [-0.05, 0) is 25.2 Å². The van der Waals surface area contributed by atoms with E-state index in [-0.39, 0.29) is 0 Å². The summed E-state index contributed by atoms with van der Waals surface area (Å²) in [4.78, 5) is 0. The topological polar surface area (TPSA) is 18.5 Å². The van der Waals surface area contributed by atoms with Gasteiger partial charge in [-0.2, -0.15) is 0 Å². The highest BCUT2D eigenvalue weighted by molar-refractivity contribution is 6.97. The van der Waals surface area contributed by atoms with Crippen molar-refractivity contribution in [3.05, 3.63) is 0 Å². The van der Waals surface area contributed by atoms with Gasteiger partial charge in [0.25, 0.3) is 0 Å².